The fourth-order valence-electron chi connectivity index (χ4n) is 3.11. The molecule has 1 aliphatic rings. The first-order valence-electron chi connectivity index (χ1n) is 8.51. The minimum absolute atomic E-state index is 0.153. The molecule has 0 saturated carbocycles. The van der Waals surface area contributed by atoms with Crippen LogP contribution in [0.1, 0.15) is 35.4 Å². The van der Waals surface area contributed by atoms with Gasteiger partial charge in [0.05, 0.1) is 17.1 Å². The van der Waals surface area contributed by atoms with E-state index in [-0.39, 0.29) is 6.54 Å². The number of nitrogens with one attached hydrogen (secondary N) is 1. The van der Waals surface area contributed by atoms with Crippen molar-refractivity contribution in [1.82, 2.24) is 14.7 Å². The highest BCUT2D eigenvalue weighted by Gasteiger charge is 2.19. The lowest BCUT2D eigenvalue weighted by Gasteiger charge is -2.17. The third-order valence-corrected chi connectivity index (χ3v) is 5.91. The fraction of sp³-hybridized carbons (Fsp3) is 0.444. The maximum atomic E-state index is 12.6. The van der Waals surface area contributed by atoms with Crippen LogP contribution in [0.15, 0.2) is 29.2 Å². The van der Waals surface area contributed by atoms with Crippen molar-refractivity contribution in [2.75, 3.05) is 18.0 Å². The molecule has 3 rings (SSSR count). The van der Waals surface area contributed by atoms with Gasteiger partial charge in [0.2, 0.25) is 16.0 Å². The summed E-state index contributed by atoms with van der Waals surface area (Å²) in [4.78, 5) is 11.5. The average Bonchev–Trinajstić information content (AvgIpc) is 3.07. The van der Waals surface area contributed by atoms with Gasteiger partial charge in [-0.1, -0.05) is 17.7 Å². The van der Waals surface area contributed by atoms with Crippen molar-refractivity contribution in [3.05, 3.63) is 46.8 Å². The Balaban J connectivity index is 1.78. The van der Waals surface area contributed by atoms with Gasteiger partial charge in [0, 0.05) is 18.8 Å². The molecule has 0 bridgehead atoms. The highest BCUT2D eigenvalue weighted by molar-refractivity contribution is 7.89. The van der Waals surface area contributed by atoms with Crippen molar-refractivity contribution < 1.29 is 8.42 Å². The third kappa shape index (κ3) is 4.16. The van der Waals surface area contributed by atoms with E-state index in [0.29, 0.717) is 16.5 Å². The number of anilines is 1. The molecule has 1 fully saturated rings. The van der Waals surface area contributed by atoms with Crippen molar-refractivity contribution in [3.63, 3.8) is 0 Å². The summed E-state index contributed by atoms with van der Waals surface area (Å²) in [5, 5.41) is 0. The van der Waals surface area contributed by atoms with Crippen molar-refractivity contribution in [1.29, 1.82) is 0 Å². The molecule has 2 aromatic rings. The topological polar surface area (TPSA) is 75.2 Å². The Bertz CT molecular complexity index is 875. The first-order valence-corrected chi connectivity index (χ1v) is 10.00. The van der Waals surface area contributed by atoms with Gasteiger partial charge in [-0.15, -0.1) is 0 Å². The second kappa shape index (κ2) is 7.09. The van der Waals surface area contributed by atoms with Gasteiger partial charge in [-0.05, 0) is 51.3 Å². The Morgan fingerprint density at radius 3 is 2.48 bits per heavy atom. The number of sulfonamides is 1. The van der Waals surface area contributed by atoms with Crippen LogP contribution in [0.25, 0.3) is 0 Å². The second-order valence-electron chi connectivity index (χ2n) is 6.59. The van der Waals surface area contributed by atoms with Crippen LogP contribution in [-0.4, -0.2) is 31.5 Å². The summed E-state index contributed by atoms with van der Waals surface area (Å²) in [6.07, 6.45) is 2.29. The second-order valence-corrected chi connectivity index (χ2v) is 8.32. The predicted octanol–water partition coefficient (Wildman–Crippen LogP) is 2.48. The van der Waals surface area contributed by atoms with E-state index in [1.807, 2.05) is 39.0 Å². The molecular formula is C18H24N4O2S. The number of hydrogen-bond donors (Lipinski definition) is 1. The maximum absolute atomic E-state index is 12.6. The lowest BCUT2D eigenvalue weighted by Crippen LogP contribution is -2.26. The summed E-state index contributed by atoms with van der Waals surface area (Å²) >= 11 is 0. The zero-order chi connectivity index (χ0) is 18.0. The SMILES string of the molecule is Cc1ccc(S(=O)(=O)NCc2cc(C)nc(N3CCCC3)n2)c(C)c1. The quantitative estimate of drug-likeness (QED) is 0.887. The monoisotopic (exact) mass is 360 g/mol. The summed E-state index contributed by atoms with van der Waals surface area (Å²) in [5.41, 5.74) is 3.31. The van der Waals surface area contributed by atoms with E-state index in [4.69, 9.17) is 0 Å². The number of hydrogen-bond acceptors (Lipinski definition) is 5. The molecule has 0 atom stereocenters. The smallest absolute Gasteiger partial charge is 0.241 e. The molecule has 134 valence electrons. The summed E-state index contributed by atoms with van der Waals surface area (Å²) in [7, 11) is -3.57. The lowest BCUT2D eigenvalue weighted by molar-refractivity contribution is 0.579. The van der Waals surface area contributed by atoms with E-state index in [1.54, 1.807) is 6.07 Å². The molecule has 0 spiro atoms. The number of aromatic nitrogens is 2. The Morgan fingerprint density at radius 2 is 1.80 bits per heavy atom. The van der Waals surface area contributed by atoms with Crippen LogP contribution in [0.4, 0.5) is 5.95 Å². The van der Waals surface area contributed by atoms with Gasteiger partial charge in [-0.2, -0.15) is 0 Å². The van der Waals surface area contributed by atoms with Gasteiger partial charge in [-0.25, -0.2) is 23.1 Å². The molecule has 7 heteroatoms. The molecule has 0 radical (unpaired) electrons. The van der Waals surface area contributed by atoms with Crippen molar-refractivity contribution >= 4 is 16.0 Å². The summed E-state index contributed by atoms with van der Waals surface area (Å²) in [6, 6.07) is 7.15. The number of benzene rings is 1. The van der Waals surface area contributed by atoms with Gasteiger partial charge in [0.15, 0.2) is 0 Å². The van der Waals surface area contributed by atoms with Crippen molar-refractivity contribution in [2.24, 2.45) is 0 Å². The number of aryl methyl sites for hydroxylation is 3. The Labute approximate surface area is 149 Å². The van der Waals surface area contributed by atoms with Gasteiger partial charge in [0.25, 0.3) is 0 Å². The summed E-state index contributed by atoms with van der Waals surface area (Å²) < 4.78 is 27.9. The zero-order valence-corrected chi connectivity index (χ0v) is 15.7. The molecule has 1 aromatic heterocycles. The van der Waals surface area contributed by atoms with Crippen LogP contribution in [0.5, 0.6) is 0 Å². The molecule has 1 saturated heterocycles. The molecule has 0 amide bonds. The molecule has 0 unspecified atom stereocenters. The molecule has 6 nitrogen and oxygen atoms in total. The third-order valence-electron chi connectivity index (χ3n) is 4.35. The minimum atomic E-state index is -3.57. The van der Waals surface area contributed by atoms with E-state index in [2.05, 4.69) is 19.6 Å². The van der Waals surface area contributed by atoms with Gasteiger partial charge in [-0.3, -0.25) is 0 Å². The number of rotatable bonds is 5. The van der Waals surface area contributed by atoms with Crippen LogP contribution in [0.3, 0.4) is 0 Å². The van der Waals surface area contributed by atoms with Crippen LogP contribution in [0.2, 0.25) is 0 Å². The van der Waals surface area contributed by atoms with Gasteiger partial charge >= 0.3 is 0 Å². The highest BCUT2D eigenvalue weighted by Crippen LogP contribution is 2.18. The van der Waals surface area contributed by atoms with E-state index < -0.39 is 10.0 Å². The van der Waals surface area contributed by atoms with Crippen LogP contribution < -0.4 is 9.62 Å². The molecular weight excluding hydrogens is 336 g/mol. The maximum Gasteiger partial charge on any atom is 0.241 e. The molecule has 1 aromatic carbocycles. The van der Waals surface area contributed by atoms with E-state index >= 15 is 0 Å². The highest BCUT2D eigenvalue weighted by atomic mass is 32.2. The molecule has 0 aliphatic carbocycles. The fourth-order valence-corrected chi connectivity index (χ4v) is 4.34. The first kappa shape index (κ1) is 17.8. The Kier molecular flexibility index (Phi) is 5.06. The Morgan fingerprint density at radius 1 is 1.08 bits per heavy atom. The molecule has 1 aliphatic heterocycles. The average molecular weight is 360 g/mol. The standard InChI is InChI=1S/C18H24N4O2S/c1-13-6-7-17(14(2)10-13)25(23,24)19-12-16-11-15(3)20-18(21-16)22-8-4-5-9-22/h6-7,10-11,19H,4-5,8-9,12H2,1-3H3. The predicted molar refractivity (Wildman–Crippen MR) is 98.2 cm³/mol. The first-order chi connectivity index (χ1) is 11.8. The van der Waals surface area contributed by atoms with Crippen molar-refractivity contribution in [2.45, 2.75) is 45.1 Å². The van der Waals surface area contributed by atoms with Gasteiger partial charge < -0.3 is 4.90 Å². The lowest BCUT2D eigenvalue weighted by atomic mass is 10.2. The van der Waals surface area contributed by atoms with Crippen molar-refractivity contribution in [3.8, 4) is 0 Å². The van der Waals surface area contributed by atoms with E-state index in [0.717, 1.165) is 42.8 Å². The minimum Gasteiger partial charge on any atom is -0.341 e. The Hall–Kier alpha value is -1.99. The van der Waals surface area contributed by atoms with Crippen LogP contribution >= 0.6 is 0 Å². The van der Waals surface area contributed by atoms with E-state index in [9.17, 15) is 8.42 Å². The number of nitrogens with zero attached hydrogens (tertiary/aromatic N) is 3. The van der Waals surface area contributed by atoms with Crippen LogP contribution in [0, 0.1) is 20.8 Å². The van der Waals surface area contributed by atoms with E-state index in [1.165, 1.54) is 0 Å². The van der Waals surface area contributed by atoms with Gasteiger partial charge in [0.1, 0.15) is 0 Å². The molecule has 2 heterocycles. The summed E-state index contributed by atoms with van der Waals surface area (Å²) in [5.74, 6) is 0.693. The largest absolute Gasteiger partial charge is 0.341 e. The zero-order valence-electron chi connectivity index (χ0n) is 14.9. The molecule has 1 N–H and O–H groups in total. The normalized spacial score (nSPS) is 14.9. The summed E-state index contributed by atoms with van der Waals surface area (Å²) in [6.45, 7) is 7.72. The molecule has 25 heavy (non-hydrogen) atoms. The van der Waals surface area contributed by atoms with Crippen LogP contribution in [-0.2, 0) is 16.6 Å².